The van der Waals surface area contributed by atoms with Crippen LogP contribution in [0.3, 0.4) is 0 Å². The smallest absolute Gasteiger partial charge is 0.378 e. The second-order valence-corrected chi connectivity index (χ2v) is 10.6. The maximum Gasteiger partial charge on any atom is 3.00 e. The molecular weight excluding hydrogens is 580 g/mol. The summed E-state index contributed by atoms with van der Waals surface area (Å²) in [6.45, 7) is 10.1. The second-order valence-electron chi connectivity index (χ2n) is 10.6. The van der Waals surface area contributed by atoms with Crippen LogP contribution in [0.25, 0.3) is 0 Å². The summed E-state index contributed by atoms with van der Waals surface area (Å²) in [4.78, 5) is 0. The molecule has 1 heterocycles. The third kappa shape index (κ3) is 7.72. The molecule has 1 fully saturated rings. The van der Waals surface area contributed by atoms with E-state index in [2.05, 4.69) is 19.6 Å². The van der Waals surface area contributed by atoms with Gasteiger partial charge in [-0.3, -0.25) is 0 Å². The van der Waals surface area contributed by atoms with Crippen LogP contribution in [0.4, 0.5) is 0 Å². The summed E-state index contributed by atoms with van der Waals surface area (Å²) in [6.07, 6.45) is -0.375. The summed E-state index contributed by atoms with van der Waals surface area (Å²) >= 11 is 0. The number of allylic oxidation sites excluding steroid dienone is 1. The Kier molecular flexibility index (Phi) is 12.6. The van der Waals surface area contributed by atoms with E-state index in [1.54, 1.807) is 0 Å². The van der Waals surface area contributed by atoms with Crippen molar-refractivity contribution in [3.63, 3.8) is 0 Å². The van der Waals surface area contributed by atoms with Crippen molar-refractivity contribution in [2.45, 2.75) is 43.0 Å². The zero-order valence-electron chi connectivity index (χ0n) is 25.2. The normalized spacial score (nSPS) is 17.1. The van der Waals surface area contributed by atoms with Gasteiger partial charge in [0.2, 0.25) is 0 Å². The fourth-order valence-corrected chi connectivity index (χ4v) is 5.41. The molecule has 0 aromatic heterocycles. The van der Waals surface area contributed by atoms with Gasteiger partial charge in [0.05, 0.1) is 0 Å². The first-order valence-corrected chi connectivity index (χ1v) is 14.3. The van der Waals surface area contributed by atoms with Crippen LogP contribution in [-0.2, 0) is 42.4 Å². The molecule has 0 spiro atoms. The maximum absolute atomic E-state index is 12.6. The van der Waals surface area contributed by atoms with Gasteiger partial charge in [0.15, 0.2) is 5.79 Å². The molecule has 2 atom stereocenters. The van der Waals surface area contributed by atoms with E-state index in [1.807, 2.05) is 159 Å². The molecule has 0 bridgehead atoms. The van der Waals surface area contributed by atoms with Crippen molar-refractivity contribution in [2.75, 3.05) is 0 Å². The molecule has 5 aromatic rings. The molecule has 4 nitrogen and oxygen atoms in total. The van der Waals surface area contributed by atoms with E-state index in [0.29, 0.717) is 22.3 Å². The van der Waals surface area contributed by atoms with Gasteiger partial charge >= 0.3 is 21.7 Å². The SMILES string of the molecule is C=C[CH2-].CC1(C)O[C@@H](C(O)(c2ccccc2)c2ccccc2)[C@H](C(O)(c2ccccc2)c2ccccc2)O1.[Ti+3].[c-]1cc[cH-]c1. The van der Waals surface area contributed by atoms with Crippen molar-refractivity contribution in [1.82, 2.24) is 0 Å². The van der Waals surface area contributed by atoms with Crippen molar-refractivity contribution in [3.05, 3.63) is 193 Å². The van der Waals surface area contributed by atoms with Crippen LogP contribution in [0.2, 0.25) is 0 Å². The Morgan fingerprint density at radius 3 is 1.20 bits per heavy atom. The fourth-order valence-electron chi connectivity index (χ4n) is 5.41. The predicted molar refractivity (Wildman–Crippen MR) is 172 cm³/mol. The molecule has 0 saturated carbocycles. The molecule has 2 N–H and O–H groups in total. The quantitative estimate of drug-likeness (QED) is 0.152. The zero-order chi connectivity index (χ0) is 30.8. The Morgan fingerprint density at radius 2 is 1.00 bits per heavy atom. The second kappa shape index (κ2) is 15.9. The Balaban J connectivity index is 0.000000519. The van der Waals surface area contributed by atoms with Gasteiger partial charge in [-0.15, -0.1) is 0 Å². The molecule has 0 unspecified atom stereocenters. The van der Waals surface area contributed by atoms with Gasteiger partial charge in [-0.25, -0.2) is 19.6 Å². The molecule has 6 rings (SSSR count). The number of hydrogen-bond donors (Lipinski definition) is 2. The van der Waals surface area contributed by atoms with E-state index in [0.717, 1.165) is 0 Å². The molecule has 5 heteroatoms. The van der Waals surface area contributed by atoms with E-state index >= 15 is 0 Å². The molecule has 44 heavy (non-hydrogen) atoms. The molecular formula is C39H39O4Ti. The minimum atomic E-state index is -1.60. The third-order valence-corrected chi connectivity index (χ3v) is 7.27. The summed E-state index contributed by atoms with van der Waals surface area (Å²) in [5.41, 5.74) is -0.564. The van der Waals surface area contributed by atoms with Crippen molar-refractivity contribution in [3.8, 4) is 0 Å². The first-order valence-electron chi connectivity index (χ1n) is 14.3. The van der Waals surface area contributed by atoms with Crippen LogP contribution >= 0.6 is 0 Å². The maximum atomic E-state index is 12.6. The summed E-state index contributed by atoms with van der Waals surface area (Å²) < 4.78 is 13.0. The predicted octanol–water partition coefficient (Wildman–Crippen LogP) is 7.59. The average Bonchev–Trinajstić information content (AvgIpc) is 3.75. The van der Waals surface area contributed by atoms with E-state index < -0.39 is 29.2 Å². The van der Waals surface area contributed by atoms with Crippen LogP contribution in [0, 0.1) is 13.0 Å². The summed E-state index contributed by atoms with van der Waals surface area (Å²) in [7, 11) is 0. The number of ether oxygens (including phenoxy) is 2. The van der Waals surface area contributed by atoms with Crippen molar-refractivity contribution < 1.29 is 41.4 Å². The van der Waals surface area contributed by atoms with Gasteiger partial charge in [0.1, 0.15) is 23.4 Å². The minimum absolute atomic E-state index is 0. The summed E-state index contributed by atoms with van der Waals surface area (Å²) in [5, 5.41) is 25.2. The van der Waals surface area contributed by atoms with Gasteiger partial charge in [-0.1, -0.05) is 121 Å². The number of aliphatic hydroxyl groups is 2. The Morgan fingerprint density at radius 1 is 0.705 bits per heavy atom. The zero-order valence-corrected chi connectivity index (χ0v) is 26.8. The third-order valence-electron chi connectivity index (χ3n) is 7.27. The van der Waals surface area contributed by atoms with E-state index in [9.17, 15) is 10.2 Å². The Bertz CT molecular complexity index is 1290. The molecule has 1 aliphatic rings. The number of rotatable bonds is 6. The standard InChI is InChI=1S/C31H30O4.C5H4.C3H5.Ti/c1-29(2)34-27(30(32,23-15-7-3-8-16-23)24-17-9-4-10-18-24)28(35-29)31(33,25-19-11-5-12-20-25)26-21-13-6-14-22-26;1-2-4-5-3-1;1-3-2;/h3-22,27-28,32-33H,1-2H3;1-4H;3H,1-2H2;/q;-2;-1;+3/t27-,28-;;;/m1.../s1. The van der Waals surface area contributed by atoms with Crippen molar-refractivity contribution in [2.24, 2.45) is 0 Å². The van der Waals surface area contributed by atoms with Crippen molar-refractivity contribution >= 4 is 0 Å². The largest absolute Gasteiger partial charge is 3.00 e. The number of benzene rings is 4. The van der Waals surface area contributed by atoms with Crippen LogP contribution < -0.4 is 0 Å². The first-order chi connectivity index (χ1) is 20.8. The monoisotopic (exact) mass is 619 g/mol. The first kappa shape index (κ1) is 34.9. The summed E-state index contributed by atoms with van der Waals surface area (Å²) in [6, 6.07) is 48.3. The molecule has 223 valence electrons. The average molecular weight is 620 g/mol. The van der Waals surface area contributed by atoms with Crippen molar-refractivity contribution in [1.29, 1.82) is 0 Å². The summed E-state index contributed by atoms with van der Waals surface area (Å²) in [5.74, 6) is -1.05. The van der Waals surface area contributed by atoms with Gasteiger partial charge in [-0.05, 0) is 36.1 Å². The molecule has 5 aromatic carbocycles. The molecule has 1 saturated heterocycles. The van der Waals surface area contributed by atoms with E-state index in [-0.39, 0.29) is 21.7 Å². The molecule has 1 radical (unpaired) electrons. The topological polar surface area (TPSA) is 58.9 Å². The van der Waals surface area contributed by atoms with Crippen LogP contribution in [0.1, 0.15) is 36.1 Å². The number of hydrogen-bond acceptors (Lipinski definition) is 4. The van der Waals surface area contributed by atoms with Crippen LogP contribution in [0.5, 0.6) is 0 Å². The Hall–Kier alpha value is -3.61. The Labute approximate surface area is 276 Å². The minimum Gasteiger partial charge on any atom is -0.378 e. The molecule has 0 amide bonds. The molecule has 1 aliphatic heterocycles. The van der Waals surface area contributed by atoms with Crippen LogP contribution in [-0.4, -0.2) is 28.2 Å². The fraction of sp³-hybridized carbons (Fsp3) is 0.179. The van der Waals surface area contributed by atoms with Crippen LogP contribution in [0.15, 0.2) is 158 Å². The van der Waals surface area contributed by atoms with E-state index in [1.165, 1.54) is 6.08 Å². The van der Waals surface area contributed by atoms with E-state index in [4.69, 9.17) is 9.47 Å². The van der Waals surface area contributed by atoms with Gasteiger partial charge in [0.25, 0.3) is 0 Å². The van der Waals surface area contributed by atoms with Gasteiger partial charge in [0, 0.05) is 0 Å². The van der Waals surface area contributed by atoms with Gasteiger partial charge < -0.3 is 50.0 Å². The molecule has 0 aliphatic carbocycles. The van der Waals surface area contributed by atoms with Gasteiger partial charge in [-0.2, -0.15) is 0 Å².